The van der Waals surface area contributed by atoms with Gasteiger partial charge in [-0.2, -0.15) is 18.2 Å². The second-order valence-corrected chi connectivity index (χ2v) is 4.87. The Hall–Kier alpha value is -1.89. The predicted molar refractivity (Wildman–Crippen MR) is 71.4 cm³/mol. The van der Waals surface area contributed by atoms with Gasteiger partial charge in [-0.15, -0.1) is 0 Å². The number of nitrogens with two attached hydrogens (primary N) is 1. The molecule has 7 heteroatoms. The van der Waals surface area contributed by atoms with Crippen LogP contribution in [0.25, 0.3) is 11.4 Å². The number of halogens is 3. The fraction of sp³-hybridized carbons (Fsp3) is 0.429. The maximum Gasteiger partial charge on any atom is 0.416 e. The Labute approximate surface area is 120 Å². The quantitative estimate of drug-likeness (QED) is 0.916. The SMILES string of the molecule is CC(CCCN)c1nc(-c2cccc(C(F)(F)F)c2)no1. The molecule has 1 aromatic carbocycles. The molecule has 2 rings (SSSR count). The van der Waals surface area contributed by atoms with Gasteiger partial charge in [0.05, 0.1) is 5.56 Å². The first-order valence-corrected chi connectivity index (χ1v) is 6.63. The van der Waals surface area contributed by atoms with Crippen LogP contribution in [0, 0.1) is 0 Å². The lowest BCUT2D eigenvalue weighted by atomic mass is 10.1. The molecule has 21 heavy (non-hydrogen) atoms. The zero-order valence-corrected chi connectivity index (χ0v) is 11.5. The lowest BCUT2D eigenvalue weighted by Crippen LogP contribution is -2.04. The minimum Gasteiger partial charge on any atom is -0.339 e. The van der Waals surface area contributed by atoms with Crippen molar-refractivity contribution in [1.82, 2.24) is 10.1 Å². The number of aromatic nitrogens is 2. The largest absolute Gasteiger partial charge is 0.416 e. The van der Waals surface area contributed by atoms with E-state index < -0.39 is 11.7 Å². The van der Waals surface area contributed by atoms with E-state index in [1.807, 2.05) is 6.92 Å². The Kier molecular flexibility index (Phi) is 4.62. The van der Waals surface area contributed by atoms with Gasteiger partial charge in [0.1, 0.15) is 0 Å². The average molecular weight is 299 g/mol. The smallest absolute Gasteiger partial charge is 0.339 e. The van der Waals surface area contributed by atoms with Gasteiger partial charge in [-0.05, 0) is 31.5 Å². The summed E-state index contributed by atoms with van der Waals surface area (Å²) in [4.78, 5) is 4.17. The highest BCUT2D eigenvalue weighted by Gasteiger charge is 2.30. The fourth-order valence-corrected chi connectivity index (χ4v) is 1.93. The zero-order chi connectivity index (χ0) is 15.5. The Morgan fingerprint density at radius 3 is 2.76 bits per heavy atom. The van der Waals surface area contributed by atoms with Gasteiger partial charge in [-0.3, -0.25) is 0 Å². The monoisotopic (exact) mass is 299 g/mol. The van der Waals surface area contributed by atoms with Gasteiger partial charge in [-0.25, -0.2) is 0 Å². The summed E-state index contributed by atoms with van der Waals surface area (Å²) >= 11 is 0. The van der Waals surface area contributed by atoms with Crippen molar-refractivity contribution in [3.63, 3.8) is 0 Å². The summed E-state index contributed by atoms with van der Waals surface area (Å²) in [5.74, 6) is 0.604. The highest BCUT2D eigenvalue weighted by molar-refractivity contribution is 5.55. The Morgan fingerprint density at radius 1 is 1.33 bits per heavy atom. The van der Waals surface area contributed by atoms with Crippen LogP contribution in [0.1, 0.15) is 37.1 Å². The second-order valence-electron chi connectivity index (χ2n) is 4.87. The number of hydrogen-bond donors (Lipinski definition) is 1. The third kappa shape index (κ3) is 3.81. The fourth-order valence-electron chi connectivity index (χ4n) is 1.93. The van der Waals surface area contributed by atoms with Crippen molar-refractivity contribution >= 4 is 0 Å². The van der Waals surface area contributed by atoms with Crippen LogP contribution < -0.4 is 5.73 Å². The van der Waals surface area contributed by atoms with Gasteiger partial charge in [0, 0.05) is 11.5 Å². The number of rotatable bonds is 5. The zero-order valence-electron chi connectivity index (χ0n) is 11.5. The Morgan fingerprint density at radius 2 is 2.10 bits per heavy atom. The molecular weight excluding hydrogens is 283 g/mol. The molecule has 114 valence electrons. The third-order valence-electron chi connectivity index (χ3n) is 3.15. The summed E-state index contributed by atoms with van der Waals surface area (Å²) in [6.07, 6.45) is -2.78. The van der Waals surface area contributed by atoms with E-state index in [4.69, 9.17) is 10.3 Å². The molecule has 2 aromatic rings. The molecule has 0 saturated heterocycles. The van der Waals surface area contributed by atoms with Crippen molar-refractivity contribution in [3.05, 3.63) is 35.7 Å². The molecule has 0 bridgehead atoms. The molecule has 4 nitrogen and oxygen atoms in total. The lowest BCUT2D eigenvalue weighted by Gasteiger charge is -2.06. The number of alkyl halides is 3. The van der Waals surface area contributed by atoms with Crippen LogP contribution in [-0.4, -0.2) is 16.7 Å². The molecule has 0 aliphatic rings. The predicted octanol–water partition coefficient (Wildman–Crippen LogP) is 3.60. The van der Waals surface area contributed by atoms with Gasteiger partial charge in [0.2, 0.25) is 11.7 Å². The normalized spacial score (nSPS) is 13.4. The first-order chi connectivity index (χ1) is 9.91. The van der Waals surface area contributed by atoms with Crippen LogP contribution in [0.3, 0.4) is 0 Å². The molecule has 0 radical (unpaired) electrons. The van der Waals surface area contributed by atoms with Crippen LogP contribution in [-0.2, 0) is 6.18 Å². The van der Waals surface area contributed by atoms with E-state index in [0.29, 0.717) is 12.4 Å². The Bertz CT molecular complexity index is 595. The molecular formula is C14H16F3N3O. The summed E-state index contributed by atoms with van der Waals surface area (Å²) in [6, 6.07) is 4.87. The van der Waals surface area contributed by atoms with Crippen LogP contribution in [0.15, 0.2) is 28.8 Å². The van der Waals surface area contributed by atoms with Gasteiger partial charge < -0.3 is 10.3 Å². The van der Waals surface area contributed by atoms with E-state index in [1.165, 1.54) is 12.1 Å². The van der Waals surface area contributed by atoms with E-state index in [9.17, 15) is 13.2 Å². The van der Waals surface area contributed by atoms with Gasteiger partial charge in [-0.1, -0.05) is 24.2 Å². The maximum absolute atomic E-state index is 12.7. The topological polar surface area (TPSA) is 64.9 Å². The van der Waals surface area contributed by atoms with E-state index in [2.05, 4.69) is 10.1 Å². The first kappa shape index (κ1) is 15.5. The van der Waals surface area contributed by atoms with Crippen LogP contribution in [0.2, 0.25) is 0 Å². The molecule has 1 atom stereocenters. The van der Waals surface area contributed by atoms with Crippen molar-refractivity contribution in [2.75, 3.05) is 6.54 Å². The van der Waals surface area contributed by atoms with Crippen LogP contribution >= 0.6 is 0 Å². The Balaban J connectivity index is 2.22. The number of nitrogens with zero attached hydrogens (tertiary/aromatic N) is 2. The van der Waals surface area contributed by atoms with E-state index in [1.54, 1.807) is 0 Å². The summed E-state index contributed by atoms with van der Waals surface area (Å²) in [5, 5.41) is 3.75. The molecule has 0 aliphatic carbocycles. The lowest BCUT2D eigenvalue weighted by molar-refractivity contribution is -0.137. The maximum atomic E-state index is 12.7. The van der Waals surface area contributed by atoms with Gasteiger partial charge >= 0.3 is 6.18 Å². The van der Waals surface area contributed by atoms with Crippen LogP contribution in [0.5, 0.6) is 0 Å². The molecule has 1 heterocycles. The second kappa shape index (κ2) is 6.26. The third-order valence-corrected chi connectivity index (χ3v) is 3.15. The molecule has 1 aromatic heterocycles. The summed E-state index contributed by atoms with van der Waals surface area (Å²) in [6.45, 7) is 2.48. The molecule has 2 N–H and O–H groups in total. The molecule has 0 fully saturated rings. The standard InChI is InChI=1S/C14H16F3N3O/c1-9(4-3-7-18)13-19-12(20-21-13)10-5-2-6-11(8-10)14(15,16)17/h2,5-6,8-9H,3-4,7,18H2,1H3. The molecule has 1 unspecified atom stereocenters. The van der Waals surface area contributed by atoms with Crippen LogP contribution in [0.4, 0.5) is 13.2 Å². The van der Waals surface area contributed by atoms with Gasteiger partial charge in [0.25, 0.3) is 0 Å². The molecule has 0 aliphatic heterocycles. The highest BCUT2D eigenvalue weighted by Crippen LogP contribution is 2.31. The number of hydrogen-bond acceptors (Lipinski definition) is 4. The average Bonchev–Trinajstić information content (AvgIpc) is 2.94. The minimum atomic E-state index is -4.39. The minimum absolute atomic E-state index is 0.0283. The van der Waals surface area contributed by atoms with Crippen molar-refractivity contribution < 1.29 is 17.7 Å². The molecule has 0 saturated carbocycles. The van der Waals surface area contributed by atoms with E-state index in [-0.39, 0.29) is 17.3 Å². The van der Waals surface area contributed by atoms with Crippen molar-refractivity contribution in [1.29, 1.82) is 0 Å². The van der Waals surface area contributed by atoms with Crippen molar-refractivity contribution in [2.24, 2.45) is 5.73 Å². The summed E-state index contributed by atoms with van der Waals surface area (Å²) in [5.41, 5.74) is 4.98. The molecule has 0 spiro atoms. The molecule has 0 amide bonds. The highest BCUT2D eigenvalue weighted by atomic mass is 19.4. The van der Waals surface area contributed by atoms with Gasteiger partial charge in [0.15, 0.2) is 0 Å². The number of benzene rings is 1. The first-order valence-electron chi connectivity index (χ1n) is 6.63. The van der Waals surface area contributed by atoms with Crippen molar-refractivity contribution in [2.45, 2.75) is 31.9 Å². The van der Waals surface area contributed by atoms with E-state index in [0.717, 1.165) is 25.0 Å². The summed E-state index contributed by atoms with van der Waals surface area (Å²) in [7, 11) is 0. The summed E-state index contributed by atoms with van der Waals surface area (Å²) < 4.78 is 43.2. The van der Waals surface area contributed by atoms with Crippen molar-refractivity contribution in [3.8, 4) is 11.4 Å². The van der Waals surface area contributed by atoms with E-state index >= 15 is 0 Å².